The van der Waals surface area contributed by atoms with Crippen LogP contribution in [0.25, 0.3) is 10.1 Å². The van der Waals surface area contributed by atoms with Gasteiger partial charge >= 0.3 is 5.97 Å². The maximum atomic E-state index is 11.2. The molecule has 0 amide bonds. The molecule has 0 fully saturated rings. The van der Waals surface area contributed by atoms with Crippen molar-refractivity contribution in [3.8, 4) is 0 Å². The number of thioether (sulfide) groups is 1. The number of benzene rings is 1. The van der Waals surface area contributed by atoms with Gasteiger partial charge < -0.3 is 10.5 Å². The molecule has 0 aliphatic rings. The molecule has 1 atom stereocenters. The monoisotopic (exact) mass is 295 g/mol. The summed E-state index contributed by atoms with van der Waals surface area (Å²) in [6.07, 6.45) is 0.652. The van der Waals surface area contributed by atoms with E-state index in [2.05, 4.69) is 34.4 Å². The van der Waals surface area contributed by atoms with Crippen molar-refractivity contribution in [3.63, 3.8) is 0 Å². The summed E-state index contributed by atoms with van der Waals surface area (Å²) in [6.45, 7) is 0. The highest BCUT2D eigenvalue weighted by Gasteiger charge is 2.13. The zero-order valence-corrected chi connectivity index (χ0v) is 12.4. The lowest BCUT2D eigenvalue weighted by atomic mass is 10.2. The molecule has 0 spiro atoms. The van der Waals surface area contributed by atoms with Crippen LogP contribution in [0.3, 0.4) is 0 Å². The van der Waals surface area contributed by atoms with Crippen molar-refractivity contribution < 1.29 is 9.53 Å². The van der Waals surface area contributed by atoms with Gasteiger partial charge in [-0.3, -0.25) is 4.79 Å². The van der Waals surface area contributed by atoms with Gasteiger partial charge in [0.15, 0.2) is 0 Å². The van der Waals surface area contributed by atoms with Crippen LogP contribution < -0.4 is 5.73 Å². The molecule has 1 heterocycles. The second kappa shape index (κ2) is 6.93. The molecule has 0 bridgehead atoms. The minimum Gasteiger partial charge on any atom is -0.468 e. The fraction of sp³-hybridized carbons (Fsp3) is 0.357. The number of nitrogens with two attached hydrogens (primary N) is 1. The molecule has 2 N–H and O–H groups in total. The highest BCUT2D eigenvalue weighted by atomic mass is 32.2. The Morgan fingerprint density at radius 3 is 3.05 bits per heavy atom. The molecule has 1 unspecified atom stereocenters. The summed E-state index contributed by atoms with van der Waals surface area (Å²) in [6, 6.07) is 7.92. The van der Waals surface area contributed by atoms with Gasteiger partial charge in [0, 0.05) is 10.5 Å². The fourth-order valence-electron chi connectivity index (χ4n) is 1.81. The molecule has 19 heavy (non-hydrogen) atoms. The van der Waals surface area contributed by atoms with E-state index in [4.69, 9.17) is 5.73 Å². The Bertz CT molecular complexity index is 553. The zero-order valence-electron chi connectivity index (χ0n) is 10.8. The lowest BCUT2D eigenvalue weighted by Crippen LogP contribution is -2.31. The molecular formula is C14H17NO2S2. The van der Waals surface area contributed by atoms with E-state index in [1.54, 1.807) is 23.1 Å². The van der Waals surface area contributed by atoms with Gasteiger partial charge in [-0.1, -0.05) is 18.2 Å². The molecule has 1 aromatic heterocycles. The van der Waals surface area contributed by atoms with Crippen molar-refractivity contribution >= 4 is 39.2 Å². The van der Waals surface area contributed by atoms with Crippen LogP contribution in [0.2, 0.25) is 0 Å². The number of carbonyl (C=O) groups is 1. The summed E-state index contributed by atoms with van der Waals surface area (Å²) in [5.74, 6) is 1.49. The normalized spacial score (nSPS) is 12.5. The summed E-state index contributed by atoms with van der Waals surface area (Å²) in [5, 5.41) is 3.54. The van der Waals surface area contributed by atoms with Crippen LogP contribution in [-0.2, 0) is 15.3 Å². The quantitative estimate of drug-likeness (QED) is 0.657. The van der Waals surface area contributed by atoms with E-state index >= 15 is 0 Å². The van der Waals surface area contributed by atoms with Gasteiger partial charge in [0.25, 0.3) is 0 Å². The molecule has 2 rings (SSSR count). The van der Waals surface area contributed by atoms with Crippen LogP contribution in [0.4, 0.5) is 0 Å². The van der Waals surface area contributed by atoms with E-state index in [0.717, 1.165) is 11.5 Å². The third-order valence-electron chi connectivity index (χ3n) is 2.90. The average molecular weight is 295 g/mol. The van der Waals surface area contributed by atoms with E-state index in [1.807, 2.05) is 0 Å². The Morgan fingerprint density at radius 1 is 1.47 bits per heavy atom. The Labute approximate surface area is 121 Å². The Balaban J connectivity index is 1.82. The third kappa shape index (κ3) is 3.72. The molecule has 102 valence electrons. The predicted octanol–water partition coefficient (Wildman–Crippen LogP) is 3.02. The number of carbonyl (C=O) groups excluding carboxylic acids is 1. The van der Waals surface area contributed by atoms with Crippen molar-refractivity contribution in [3.05, 3.63) is 35.2 Å². The predicted molar refractivity (Wildman–Crippen MR) is 82.6 cm³/mol. The number of methoxy groups -OCH3 is 1. The number of thiophene rings is 1. The van der Waals surface area contributed by atoms with Crippen LogP contribution in [-0.4, -0.2) is 24.9 Å². The van der Waals surface area contributed by atoms with E-state index in [9.17, 15) is 4.79 Å². The van der Waals surface area contributed by atoms with Crippen molar-refractivity contribution in [2.75, 3.05) is 12.9 Å². The van der Waals surface area contributed by atoms with E-state index in [-0.39, 0.29) is 5.97 Å². The van der Waals surface area contributed by atoms with E-state index < -0.39 is 6.04 Å². The standard InChI is InChI=1S/C14H17NO2S2/c1-17-14(16)12(15)6-7-18-8-10-9-19-13-5-3-2-4-11(10)13/h2-5,9,12H,6-8,15H2,1H3. The second-order valence-electron chi connectivity index (χ2n) is 4.23. The topological polar surface area (TPSA) is 52.3 Å². The van der Waals surface area contributed by atoms with Gasteiger partial charge in [-0.05, 0) is 34.6 Å². The highest BCUT2D eigenvalue weighted by Crippen LogP contribution is 2.28. The number of hydrogen-bond donors (Lipinski definition) is 1. The van der Waals surface area contributed by atoms with Crippen LogP contribution >= 0.6 is 23.1 Å². The van der Waals surface area contributed by atoms with Crippen molar-refractivity contribution in [1.82, 2.24) is 0 Å². The maximum Gasteiger partial charge on any atom is 0.322 e. The first-order valence-electron chi connectivity index (χ1n) is 6.08. The van der Waals surface area contributed by atoms with Crippen LogP contribution in [0.5, 0.6) is 0 Å². The lowest BCUT2D eigenvalue weighted by Gasteiger charge is -2.08. The first-order chi connectivity index (χ1) is 9.22. The highest BCUT2D eigenvalue weighted by molar-refractivity contribution is 7.98. The second-order valence-corrected chi connectivity index (χ2v) is 6.24. The van der Waals surface area contributed by atoms with Gasteiger partial charge in [-0.25, -0.2) is 0 Å². The van der Waals surface area contributed by atoms with Crippen LogP contribution in [0.15, 0.2) is 29.6 Å². The summed E-state index contributed by atoms with van der Waals surface area (Å²) in [4.78, 5) is 11.2. The number of esters is 1. The smallest absolute Gasteiger partial charge is 0.322 e. The van der Waals surface area contributed by atoms with Crippen molar-refractivity contribution in [2.24, 2.45) is 5.73 Å². The SMILES string of the molecule is COC(=O)C(N)CCSCc1csc2ccccc12. The summed E-state index contributed by atoms with van der Waals surface area (Å²) in [5.41, 5.74) is 7.05. The number of hydrogen-bond acceptors (Lipinski definition) is 5. The molecule has 0 saturated carbocycles. The zero-order chi connectivity index (χ0) is 13.7. The molecular weight excluding hydrogens is 278 g/mol. The Morgan fingerprint density at radius 2 is 2.26 bits per heavy atom. The van der Waals surface area contributed by atoms with Crippen LogP contribution in [0.1, 0.15) is 12.0 Å². The summed E-state index contributed by atoms with van der Waals surface area (Å²) >= 11 is 3.58. The minimum atomic E-state index is -0.503. The van der Waals surface area contributed by atoms with Gasteiger partial charge in [-0.15, -0.1) is 11.3 Å². The molecule has 1 aromatic carbocycles. The third-order valence-corrected chi connectivity index (χ3v) is 4.95. The van der Waals surface area contributed by atoms with Gasteiger partial charge in [0.05, 0.1) is 7.11 Å². The maximum absolute atomic E-state index is 11.2. The lowest BCUT2D eigenvalue weighted by molar-refractivity contribution is -0.142. The van der Waals surface area contributed by atoms with E-state index in [1.165, 1.54) is 22.8 Å². The molecule has 2 aromatic rings. The largest absolute Gasteiger partial charge is 0.468 e. The van der Waals surface area contributed by atoms with Crippen molar-refractivity contribution in [2.45, 2.75) is 18.2 Å². The summed E-state index contributed by atoms with van der Waals surface area (Å²) in [7, 11) is 1.37. The van der Waals surface area contributed by atoms with Gasteiger partial charge in [0.1, 0.15) is 6.04 Å². The molecule has 5 heteroatoms. The Hall–Kier alpha value is -1.04. The van der Waals surface area contributed by atoms with Gasteiger partial charge in [0.2, 0.25) is 0 Å². The van der Waals surface area contributed by atoms with Crippen molar-refractivity contribution in [1.29, 1.82) is 0 Å². The number of rotatable bonds is 6. The Kier molecular flexibility index (Phi) is 5.24. The first-order valence-corrected chi connectivity index (χ1v) is 8.12. The minimum absolute atomic E-state index is 0.332. The molecule has 0 aliphatic heterocycles. The molecule has 3 nitrogen and oxygen atoms in total. The molecule has 0 saturated heterocycles. The summed E-state index contributed by atoms with van der Waals surface area (Å²) < 4.78 is 5.92. The number of fused-ring (bicyclic) bond motifs is 1. The fourth-order valence-corrected chi connectivity index (χ4v) is 3.90. The molecule has 0 radical (unpaired) electrons. The molecule has 0 aliphatic carbocycles. The number of ether oxygens (including phenoxy) is 1. The average Bonchev–Trinajstić information content (AvgIpc) is 2.86. The van der Waals surface area contributed by atoms with Crippen LogP contribution in [0, 0.1) is 0 Å². The van der Waals surface area contributed by atoms with E-state index in [0.29, 0.717) is 6.42 Å². The first kappa shape index (κ1) is 14.4. The van der Waals surface area contributed by atoms with Gasteiger partial charge in [-0.2, -0.15) is 11.8 Å².